The number of hydrogen-bond donors (Lipinski definition) is 2. The van der Waals surface area contributed by atoms with Crippen molar-refractivity contribution in [1.29, 1.82) is 0 Å². The first-order valence-electron chi connectivity index (χ1n) is 6.51. The van der Waals surface area contributed by atoms with Gasteiger partial charge in [0.1, 0.15) is 5.54 Å². The quantitative estimate of drug-likeness (QED) is 0.771. The van der Waals surface area contributed by atoms with Crippen LogP contribution in [0.25, 0.3) is 0 Å². The monoisotopic (exact) mass is 226 g/mol. The third-order valence-corrected chi connectivity index (χ3v) is 4.42. The molecule has 1 amide bonds. The molecule has 0 heterocycles. The molecule has 94 valence electrons. The van der Waals surface area contributed by atoms with Gasteiger partial charge in [-0.2, -0.15) is 0 Å². The average molecular weight is 226 g/mol. The molecular weight excluding hydrogens is 200 g/mol. The van der Waals surface area contributed by atoms with Gasteiger partial charge in [-0.1, -0.05) is 33.6 Å². The number of nitrogens with one attached hydrogen (secondary N) is 1. The molecule has 1 fully saturated rings. The van der Waals surface area contributed by atoms with Crippen molar-refractivity contribution in [2.24, 2.45) is 17.6 Å². The van der Waals surface area contributed by atoms with Crippen LogP contribution in [-0.4, -0.2) is 17.5 Å². The molecular formula is C13H26N2O. The van der Waals surface area contributed by atoms with E-state index in [-0.39, 0.29) is 5.91 Å². The molecule has 4 atom stereocenters. The van der Waals surface area contributed by atoms with E-state index in [4.69, 9.17) is 5.73 Å². The van der Waals surface area contributed by atoms with Gasteiger partial charge in [-0.25, -0.2) is 0 Å². The molecule has 0 aliphatic heterocycles. The Balaban J connectivity index is 2.90. The summed E-state index contributed by atoms with van der Waals surface area (Å²) < 4.78 is 0. The van der Waals surface area contributed by atoms with Crippen molar-refractivity contribution < 1.29 is 4.79 Å². The van der Waals surface area contributed by atoms with Crippen molar-refractivity contribution in [3.05, 3.63) is 0 Å². The van der Waals surface area contributed by atoms with E-state index in [0.29, 0.717) is 17.9 Å². The molecule has 0 spiro atoms. The van der Waals surface area contributed by atoms with E-state index in [2.05, 4.69) is 33.0 Å². The lowest BCUT2D eigenvalue weighted by molar-refractivity contribution is -0.129. The largest absolute Gasteiger partial charge is 0.368 e. The maximum Gasteiger partial charge on any atom is 0.238 e. The Hall–Kier alpha value is -0.570. The van der Waals surface area contributed by atoms with E-state index in [9.17, 15) is 4.79 Å². The van der Waals surface area contributed by atoms with E-state index < -0.39 is 5.54 Å². The standard InChI is InChI=1S/C13H26N2O/c1-5-10(3)15-13(12(14)16)8-6-7-9(2)11(13)4/h9-11,15H,5-8H2,1-4H3,(H2,14,16). The van der Waals surface area contributed by atoms with Crippen molar-refractivity contribution in [2.45, 2.75) is 65.0 Å². The molecule has 0 radical (unpaired) electrons. The van der Waals surface area contributed by atoms with Gasteiger partial charge in [-0.05, 0) is 31.6 Å². The number of carbonyl (C=O) groups excluding carboxylic acids is 1. The maximum atomic E-state index is 11.8. The molecule has 16 heavy (non-hydrogen) atoms. The number of amides is 1. The van der Waals surface area contributed by atoms with E-state index in [1.807, 2.05) is 0 Å². The highest BCUT2D eigenvalue weighted by Gasteiger charge is 2.46. The van der Waals surface area contributed by atoms with Gasteiger partial charge in [0.15, 0.2) is 0 Å². The summed E-state index contributed by atoms with van der Waals surface area (Å²) in [5.74, 6) is 0.720. The Bertz CT molecular complexity index is 254. The van der Waals surface area contributed by atoms with Crippen LogP contribution in [0.1, 0.15) is 53.4 Å². The molecule has 3 N–H and O–H groups in total. The van der Waals surface area contributed by atoms with Crippen molar-refractivity contribution in [3.8, 4) is 0 Å². The molecule has 1 aliphatic carbocycles. The normalized spacial score (nSPS) is 37.0. The first-order valence-corrected chi connectivity index (χ1v) is 6.51. The van der Waals surface area contributed by atoms with Gasteiger partial charge in [0.05, 0.1) is 0 Å². The van der Waals surface area contributed by atoms with Crippen molar-refractivity contribution in [1.82, 2.24) is 5.32 Å². The van der Waals surface area contributed by atoms with E-state index in [1.165, 1.54) is 6.42 Å². The number of rotatable bonds is 4. The predicted octanol–water partition coefficient (Wildman–Crippen LogP) is 2.05. The molecule has 3 nitrogen and oxygen atoms in total. The molecule has 3 heteroatoms. The van der Waals surface area contributed by atoms with Gasteiger partial charge < -0.3 is 11.1 Å². The third kappa shape index (κ3) is 2.40. The fraction of sp³-hybridized carbons (Fsp3) is 0.923. The zero-order valence-electron chi connectivity index (χ0n) is 11.0. The van der Waals surface area contributed by atoms with Crippen LogP contribution in [0.2, 0.25) is 0 Å². The molecule has 0 bridgehead atoms. The number of primary amides is 1. The van der Waals surface area contributed by atoms with Crippen LogP contribution in [0.15, 0.2) is 0 Å². The van der Waals surface area contributed by atoms with Crippen LogP contribution >= 0.6 is 0 Å². The summed E-state index contributed by atoms with van der Waals surface area (Å²) in [4.78, 5) is 11.8. The van der Waals surface area contributed by atoms with Crippen LogP contribution in [0, 0.1) is 11.8 Å². The van der Waals surface area contributed by atoms with E-state index in [0.717, 1.165) is 19.3 Å². The minimum atomic E-state index is -0.479. The van der Waals surface area contributed by atoms with E-state index in [1.54, 1.807) is 0 Å². The summed E-state index contributed by atoms with van der Waals surface area (Å²) in [6, 6.07) is 0.347. The van der Waals surface area contributed by atoms with Gasteiger partial charge in [-0.3, -0.25) is 4.79 Å². The van der Waals surface area contributed by atoms with Gasteiger partial charge in [0.25, 0.3) is 0 Å². The van der Waals surface area contributed by atoms with Crippen LogP contribution in [-0.2, 0) is 4.79 Å². The topological polar surface area (TPSA) is 55.1 Å². The predicted molar refractivity (Wildman–Crippen MR) is 67.0 cm³/mol. The Morgan fingerprint density at radius 1 is 1.56 bits per heavy atom. The zero-order chi connectivity index (χ0) is 12.3. The van der Waals surface area contributed by atoms with Crippen molar-refractivity contribution in [2.75, 3.05) is 0 Å². The molecule has 1 rings (SSSR count). The molecule has 0 aromatic heterocycles. The first kappa shape index (κ1) is 13.5. The van der Waals surface area contributed by atoms with Crippen LogP contribution in [0.3, 0.4) is 0 Å². The molecule has 1 saturated carbocycles. The second-order valence-electron chi connectivity index (χ2n) is 5.45. The lowest BCUT2D eigenvalue weighted by atomic mass is 9.67. The van der Waals surface area contributed by atoms with Gasteiger partial charge in [0, 0.05) is 6.04 Å². The summed E-state index contributed by atoms with van der Waals surface area (Å²) >= 11 is 0. The van der Waals surface area contributed by atoms with Crippen LogP contribution in [0.5, 0.6) is 0 Å². The molecule has 1 aliphatic rings. The molecule has 4 unspecified atom stereocenters. The highest BCUT2D eigenvalue weighted by molar-refractivity contribution is 5.85. The Morgan fingerprint density at radius 3 is 2.69 bits per heavy atom. The summed E-state index contributed by atoms with van der Waals surface area (Å²) in [6.07, 6.45) is 4.21. The lowest BCUT2D eigenvalue weighted by Crippen LogP contribution is -2.64. The number of nitrogens with two attached hydrogens (primary N) is 1. The van der Waals surface area contributed by atoms with Crippen molar-refractivity contribution in [3.63, 3.8) is 0 Å². The Labute approximate surface area is 99.2 Å². The highest BCUT2D eigenvalue weighted by Crippen LogP contribution is 2.38. The summed E-state index contributed by atoms with van der Waals surface area (Å²) in [5.41, 5.74) is 5.18. The van der Waals surface area contributed by atoms with Crippen LogP contribution < -0.4 is 11.1 Å². The smallest absolute Gasteiger partial charge is 0.238 e. The SMILES string of the molecule is CCC(C)NC1(C(N)=O)CCCC(C)C1C. The van der Waals surface area contributed by atoms with Gasteiger partial charge in [0.2, 0.25) is 5.91 Å². The fourth-order valence-corrected chi connectivity index (χ4v) is 2.83. The van der Waals surface area contributed by atoms with Gasteiger partial charge >= 0.3 is 0 Å². The maximum absolute atomic E-state index is 11.8. The highest BCUT2D eigenvalue weighted by atomic mass is 16.1. The molecule has 0 aromatic rings. The first-order chi connectivity index (χ1) is 7.44. The summed E-state index contributed by atoms with van der Waals surface area (Å²) in [5, 5.41) is 3.49. The molecule has 0 aromatic carbocycles. The second-order valence-corrected chi connectivity index (χ2v) is 5.45. The minimum absolute atomic E-state index is 0.174. The fourth-order valence-electron chi connectivity index (χ4n) is 2.83. The second kappa shape index (κ2) is 5.17. The third-order valence-electron chi connectivity index (χ3n) is 4.42. The lowest BCUT2D eigenvalue weighted by Gasteiger charge is -2.45. The summed E-state index contributed by atoms with van der Waals surface area (Å²) in [6.45, 7) is 8.63. The van der Waals surface area contributed by atoms with E-state index >= 15 is 0 Å². The Kier molecular flexibility index (Phi) is 4.36. The minimum Gasteiger partial charge on any atom is -0.368 e. The number of carbonyl (C=O) groups is 1. The molecule has 0 saturated heterocycles. The Morgan fingerprint density at radius 2 is 2.19 bits per heavy atom. The number of hydrogen-bond acceptors (Lipinski definition) is 2. The van der Waals surface area contributed by atoms with Gasteiger partial charge in [-0.15, -0.1) is 0 Å². The van der Waals surface area contributed by atoms with Crippen LogP contribution in [0.4, 0.5) is 0 Å². The summed E-state index contributed by atoms with van der Waals surface area (Å²) in [7, 11) is 0. The zero-order valence-corrected chi connectivity index (χ0v) is 11.0. The van der Waals surface area contributed by atoms with Crippen molar-refractivity contribution >= 4 is 5.91 Å². The average Bonchev–Trinajstić information content (AvgIpc) is 2.24.